The molecule has 1 N–H and O–H groups in total. The van der Waals surface area contributed by atoms with E-state index in [1.165, 1.54) is 19.8 Å². The van der Waals surface area contributed by atoms with Crippen molar-refractivity contribution in [3.63, 3.8) is 0 Å². The van der Waals surface area contributed by atoms with Gasteiger partial charge in [-0.05, 0) is 42.5 Å². The van der Waals surface area contributed by atoms with Crippen LogP contribution in [0.5, 0.6) is 11.5 Å². The molecule has 6 nitrogen and oxygen atoms in total. The van der Waals surface area contributed by atoms with Gasteiger partial charge < -0.3 is 19.5 Å². The summed E-state index contributed by atoms with van der Waals surface area (Å²) in [5, 5.41) is 2.96. The first-order valence-electron chi connectivity index (χ1n) is 8.89. The van der Waals surface area contributed by atoms with Gasteiger partial charge in [0.25, 0.3) is 5.91 Å². The number of esters is 1. The van der Waals surface area contributed by atoms with Crippen LogP contribution in [0.15, 0.2) is 42.5 Å². The summed E-state index contributed by atoms with van der Waals surface area (Å²) in [6, 6.07) is 13.0. The second kappa shape index (κ2) is 8.58. The van der Waals surface area contributed by atoms with Crippen LogP contribution < -0.4 is 14.8 Å². The topological polar surface area (TPSA) is 73.9 Å². The molecule has 3 rings (SSSR count). The van der Waals surface area contributed by atoms with Gasteiger partial charge in [0.2, 0.25) is 0 Å². The van der Waals surface area contributed by atoms with Crippen LogP contribution in [0.4, 0.5) is 0 Å². The van der Waals surface area contributed by atoms with Crippen molar-refractivity contribution in [2.24, 2.45) is 0 Å². The number of ether oxygens (including phenoxy) is 3. The summed E-state index contributed by atoms with van der Waals surface area (Å²) in [6.07, 6.45) is 2.91. The van der Waals surface area contributed by atoms with Gasteiger partial charge in [-0.2, -0.15) is 0 Å². The lowest BCUT2D eigenvalue weighted by atomic mass is 9.88. The van der Waals surface area contributed by atoms with Crippen LogP contribution >= 0.6 is 0 Å². The molecular formula is C21H23NO5. The van der Waals surface area contributed by atoms with Gasteiger partial charge in [0.1, 0.15) is 17.1 Å². The van der Waals surface area contributed by atoms with Gasteiger partial charge in [0.05, 0.1) is 20.3 Å². The zero-order valence-corrected chi connectivity index (χ0v) is 15.5. The van der Waals surface area contributed by atoms with Gasteiger partial charge in [-0.25, -0.2) is 4.79 Å². The highest BCUT2D eigenvalue weighted by Gasteiger charge is 2.23. The average molecular weight is 369 g/mol. The highest BCUT2D eigenvalue weighted by molar-refractivity contribution is 5.96. The third kappa shape index (κ3) is 4.22. The van der Waals surface area contributed by atoms with Gasteiger partial charge >= 0.3 is 5.97 Å². The van der Waals surface area contributed by atoms with E-state index in [2.05, 4.69) is 11.4 Å². The largest absolute Gasteiger partial charge is 0.496 e. The van der Waals surface area contributed by atoms with Crippen molar-refractivity contribution in [1.82, 2.24) is 5.32 Å². The quantitative estimate of drug-likeness (QED) is 0.792. The van der Waals surface area contributed by atoms with Gasteiger partial charge in [0.15, 0.2) is 6.61 Å². The first kappa shape index (κ1) is 18.8. The average Bonchev–Trinajstić information content (AvgIpc) is 2.71. The maximum Gasteiger partial charge on any atom is 0.346 e. The van der Waals surface area contributed by atoms with Crippen LogP contribution in [-0.4, -0.2) is 32.7 Å². The molecule has 0 unspecified atom stereocenters. The molecule has 0 heterocycles. The van der Waals surface area contributed by atoms with Crippen molar-refractivity contribution >= 4 is 11.9 Å². The van der Waals surface area contributed by atoms with E-state index in [4.69, 9.17) is 14.2 Å². The second-order valence-corrected chi connectivity index (χ2v) is 6.32. The molecule has 0 saturated carbocycles. The fourth-order valence-corrected chi connectivity index (χ4v) is 3.40. The molecule has 1 aliphatic carbocycles. The van der Waals surface area contributed by atoms with Gasteiger partial charge in [-0.15, -0.1) is 0 Å². The fraction of sp³-hybridized carbons (Fsp3) is 0.333. The molecular weight excluding hydrogens is 346 g/mol. The van der Waals surface area contributed by atoms with E-state index in [9.17, 15) is 9.59 Å². The number of rotatable bonds is 6. The predicted molar refractivity (Wildman–Crippen MR) is 100 cm³/mol. The zero-order chi connectivity index (χ0) is 19.2. The third-order valence-corrected chi connectivity index (χ3v) is 4.67. The predicted octanol–water partition coefficient (Wildman–Crippen LogP) is 3.05. The molecule has 0 fully saturated rings. The molecule has 2 aromatic carbocycles. The van der Waals surface area contributed by atoms with Crippen molar-refractivity contribution in [2.45, 2.75) is 25.3 Å². The Hall–Kier alpha value is -3.02. The number of nitrogens with one attached hydrogen (secondary N) is 1. The Balaban J connectivity index is 1.63. The van der Waals surface area contributed by atoms with E-state index in [0.717, 1.165) is 24.8 Å². The summed E-state index contributed by atoms with van der Waals surface area (Å²) in [6.45, 7) is -0.362. The minimum atomic E-state index is -0.663. The molecule has 142 valence electrons. The summed E-state index contributed by atoms with van der Waals surface area (Å²) in [4.78, 5) is 24.8. The van der Waals surface area contributed by atoms with E-state index in [0.29, 0.717) is 11.5 Å². The van der Waals surface area contributed by atoms with Crippen LogP contribution in [0.1, 0.15) is 40.4 Å². The van der Waals surface area contributed by atoms with Crippen LogP contribution in [0.25, 0.3) is 0 Å². The number of hydrogen-bond acceptors (Lipinski definition) is 5. The van der Waals surface area contributed by atoms with Gasteiger partial charge in [-0.3, -0.25) is 4.79 Å². The highest BCUT2D eigenvalue weighted by atomic mass is 16.5. The smallest absolute Gasteiger partial charge is 0.346 e. The van der Waals surface area contributed by atoms with Crippen molar-refractivity contribution in [2.75, 3.05) is 20.8 Å². The Labute approximate surface area is 158 Å². The van der Waals surface area contributed by atoms with Crippen LogP contribution in [0.3, 0.4) is 0 Å². The van der Waals surface area contributed by atoms with Crippen molar-refractivity contribution < 1.29 is 23.8 Å². The molecule has 0 bridgehead atoms. The molecule has 1 atom stereocenters. The van der Waals surface area contributed by atoms with E-state index in [1.54, 1.807) is 18.2 Å². The van der Waals surface area contributed by atoms with Crippen LogP contribution in [0, 0.1) is 0 Å². The zero-order valence-electron chi connectivity index (χ0n) is 15.5. The molecule has 0 aliphatic heterocycles. The monoisotopic (exact) mass is 369 g/mol. The molecule has 2 aromatic rings. The molecule has 1 aliphatic rings. The molecule has 0 aromatic heterocycles. The molecule has 0 spiro atoms. The maximum atomic E-state index is 12.4. The number of carbonyl (C=O) groups is 2. The van der Waals surface area contributed by atoms with E-state index in [1.807, 2.05) is 18.2 Å². The molecule has 0 radical (unpaired) electrons. The van der Waals surface area contributed by atoms with Gasteiger partial charge in [-0.1, -0.05) is 30.3 Å². The Morgan fingerprint density at radius 1 is 1.04 bits per heavy atom. The van der Waals surface area contributed by atoms with E-state index >= 15 is 0 Å². The Bertz CT molecular complexity index is 811. The number of carbonyl (C=O) groups excluding carboxylic acids is 2. The highest BCUT2D eigenvalue weighted by Crippen LogP contribution is 2.30. The SMILES string of the molecule is COc1cccc(OC)c1C(=O)OCC(=O)N[C@@H]1CCCc2ccccc21. The minimum absolute atomic E-state index is 0.0538. The number of fused-ring (bicyclic) bond motifs is 1. The number of hydrogen-bond donors (Lipinski definition) is 1. The Morgan fingerprint density at radius 3 is 2.44 bits per heavy atom. The summed E-state index contributed by atoms with van der Waals surface area (Å²) in [5.74, 6) is -0.329. The molecule has 0 saturated heterocycles. The second-order valence-electron chi connectivity index (χ2n) is 6.32. The molecule has 6 heteroatoms. The number of amides is 1. The normalized spacial score (nSPS) is 15.4. The van der Waals surface area contributed by atoms with Gasteiger partial charge in [0, 0.05) is 0 Å². The third-order valence-electron chi connectivity index (χ3n) is 4.67. The first-order chi connectivity index (χ1) is 13.1. The molecule has 1 amide bonds. The number of aryl methyl sites for hydroxylation is 1. The lowest BCUT2D eigenvalue weighted by Gasteiger charge is -2.26. The van der Waals surface area contributed by atoms with E-state index < -0.39 is 5.97 Å². The number of methoxy groups -OCH3 is 2. The summed E-state index contributed by atoms with van der Waals surface area (Å²) in [5.41, 5.74) is 2.55. The van der Waals surface area contributed by atoms with E-state index in [-0.39, 0.29) is 24.1 Å². The van der Waals surface area contributed by atoms with Crippen molar-refractivity contribution in [1.29, 1.82) is 0 Å². The number of benzene rings is 2. The summed E-state index contributed by atoms with van der Waals surface area (Å²) < 4.78 is 15.6. The fourth-order valence-electron chi connectivity index (χ4n) is 3.40. The molecule has 27 heavy (non-hydrogen) atoms. The minimum Gasteiger partial charge on any atom is -0.496 e. The first-order valence-corrected chi connectivity index (χ1v) is 8.89. The lowest BCUT2D eigenvalue weighted by molar-refractivity contribution is -0.125. The Kier molecular flexibility index (Phi) is 5.96. The van der Waals surface area contributed by atoms with Crippen LogP contribution in [0.2, 0.25) is 0 Å². The van der Waals surface area contributed by atoms with Crippen molar-refractivity contribution in [3.05, 3.63) is 59.2 Å². The lowest BCUT2D eigenvalue weighted by Crippen LogP contribution is -2.34. The maximum absolute atomic E-state index is 12.4. The Morgan fingerprint density at radius 2 is 1.74 bits per heavy atom. The van der Waals surface area contributed by atoms with Crippen molar-refractivity contribution in [3.8, 4) is 11.5 Å². The summed E-state index contributed by atoms with van der Waals surface area (Å²) >= 11 is 0. The van der Waals surface area contributed by atoms with Crippen LogP contribution in [-0.2, 0) is 16.0 Å². The standard InChI is InChI=1S/C21H23NO5/c1-25-17-11-6-12-18(26-2)20(17)21(24)27-13-19(23)22-16-10-5-8-14-7-3-4-9-15(14)16/h3-4,6-7,9,11-12,16H,5,8,10,13H2,1-2H3,(H,22,23)/t16-/m1/s1. The summed E-state index contributed by atoms with van der Waals surface area (Å²) in [7, 11) is 2.91.